The Labute approximate surface area is 146 Å². The third-order valence-corrected chi connectivity index (χ3v) is 4.26. The van der Waals surface area contributed by atoms with Crippen LogP contribution in [0.15, 0.2) is 48.5 Å². The van der Waals surface area contributed by atoms with Crippen LogP contribution in [0, 0.1) is 6.92 Å². The Hall–Kier alpha value is -3.02. The van der Waals surface area contributed by atoms with Crippen molar-refractivity contribution in [2.45, 2.75) is 32.6 Å². The number of amides is 1. The molecule has 0 aliphatic rings. The van der Waals surface area contributed by atoms with Gasteiger partial charge in [0.15, 0.2) is 5.82 Å². The molecule has 0 radical (unpaired) electrons. The van der Waals surface area contributed by atoms with Crippen molar-refractivity contribution in [3.8, 4) is 0 Å². The van der Waals surface area contributed by atoms with E-state index in [0.717, 1.165) is 23.2 Å². The van der Waals surface area contributed by atoms with E-state index in [0.29, 0.717) is 12.2 Å². The lowest BCUT2D eigenvalue weighted by molar-refractivity contribution is -0.117. The van der Waals surface area contributed by atoms with Crippen molar-refractivity contribution >= 4 is 11.6 Å². The molecule has 1 heterocycles. The van der Waals surface area contributed by atoms with Crippen molar-refractivity contribution in [3.05, 3.63) is 71.0 Å². The predicted molar refractivity (Wildman–Crippen MR) is 96.3 cm³/mol. The van der Waals surface area contributed by atoms with Crippen LogP contribution in [-0.4, -0.2) is 26.5 Å². The highest BCUT2D eigenvalue weighted by Gasteiger charge is 2.25. The Bertz CT molecular complexity index is 827. The third-order valence-electron chi connectivity index (χ3n) is 4.26. The lowest BCUT2D eigenvalue weighted by Crippen LogP contribution is -2.24. The standard InChI is InChI=1S/C19H21N5O/c1-3-14-8-10-15(11-9-14)12-16(18-21-23-24-22-18)19(25)20-17-7-5-4-6-13(17)2/h4-11,16H,3,12H2,1-2H3,(H,20,25)(H,21,22,23,24). The van der Waals surface area contributed by atoms with Crippen LogP contribution in [0.1, 0.15) is 35.4 Å². The highest BCUT2D eigenvalue weighted by molar-refractivity contribution is 5.96. The molecule has 1 amide bonds. The number of hydrogen-bond donors (Lipinski definition) is 2. The average molecular weight is 335 g/mol. The van der Waals surface area contributed by atoms with Crippen molar-refractivity contribution in [2.75, 3.05) is 5.32 Å². The fourth-order valence-electron chi connectivity index (χ4n) is 2.70. The van der Waals surface area contributed by atoms with Gasteiger partial charge in [-0.05, 0) is 42.5 Å². The van der Waals surface area contributed by atoms with E-state index in [1.165, 1.54) is 5.56 Å². The molecule has 128 valence electrons. The topological polar surface area (TPSA) is 83.6 Å². The number of H-pyrrole nitrogens is 1. The lowest BCUT2D eigenvalue weighted by Gasteiger charge is -2.15. The number of carbonyl (C=O) groups is 1. The van der Waals surface area contributed by atoms with Crippen LogP contribution in [0.5, 0.6) is 0 Å². The van der Waals surface area contributed by atoms with Gasteiger partial charge in [0.2, 0.25) is 5.91 Å². The van der Waals surface area contributed by atoms with Gasteiger partial charge in [-0.15, -0.1) is 10.2 Å². The zero-order valence-corrected chi connectivity index (χ0v) is 14.4. The number of rotatable bonds is 6. The van der Waals surface area contributed by atoms with Gasteiger partial charge in [-0.2, -0.15) is 5.21 Å². The summed E-state index contributed by atoms with van der Waals surface area (Å²) in [5, 5.41) is 17.1. The molecule has 25 heavy (non-hydrogen) atoms. The zero-order valence-electron chi connectivity index (χ0n) is 14.4. The van der Waals surface area contributed by atoms with E-state index in [2.05, 4.69) is 45.0 Å². The van der Waals surface area contributed by atoms with E-state index in [1.807, 2.05) is 43.3 Å². The first-order valence-electron chi connectivity index (χ1n) is 8.35. The summed E-state index contributed by atoms with van der Waals surface area (Å²) in [5.41, 5.74) is 4.13. The molecule has 0 fully saturated rings. The van der Waals surface area contributed by atoms with E-state index in [9.17, 15) is 4.79 Å². The molecule has 3 rings (SSSR count). The Balaban J connectivity index is 1.82. The quantitative estimate of drug-likeness (QED) is 0.725. The largest absolute Gasteiger partial charge is 0.325 e. The summed E-state index contributed by atoms with van der Waals surface area (Å²) >= 11 is 0. The molecule has 0 bridgehead atoms. The van der Waals surface area contributed by atoms with Crippen molar-refractivity contribution in [1.29, 1.82) is 0 Å². The summed E-state index contributed by atoms with van der Waals surface area (Å²) in [6.45, 7) is 4.08. The number of aromatic amines is 1. The Morgan fingerprint density at radius 3 is 2.48 bits per heavy atom. The van der Waals surface area contributed by atoms with Crippen molar-refractivity contribution in [2.24, 2.45) is 0 Å². The molecule has 2 aromatic carbocycles. The highest BCUT2D eigenvalue weighted by Crippen LogP contribution is 2.22. The summed E-state index contributed by atoms with van der Waals surface area (Å²) in [6, 6.07) is 16.0. The number of para-hydroxylation sites is 1. The molecule has 0 aliphatic carbocycles. The fourth-order valence-corrected chi connectivity index (χ4v) is 2.70. The van der Waals surface area contributed by atoms with Crippen LogP contribution in [0.2, 0.25) is 0 Å². The fraction of sp³-hybridized carbons (Fsp3) is 0.263. The van der Waals surface area contributed by atoms with Gasteiger partial charge < -0.3 is 5.32 Å². The first-order chi connectivity index (χ1) is 12.2. The maximum atomic E-state index is 12.9. The second kappa shape index (κ2) is 7.70. The molecule has 0 spiro atoms. The summed E-state index contributed by atoms with van der Waals surface area (Å²) < 4.78 is 0. The summed E-state index contributed by atoms with van der Waals surface area (Å²) in [6.07, 6.45) is 1.50. The molecule has 6 heteroatoms. The van der Waals surface area contributed by atoms with Crippen LogP contribution < -0.4 is 5.32 Å². The number of nitrogens with one attached hydrogen (secondary N) is 2. The second-order valence-corrected chi connectivity index (χ2v) is 6.00. The van der Waals surface area contributed by atoms with E-state index in [1.54, 1.807) is 0 Å². The molecule has 0 aliphatic heterocycles. The Morgan fingerprint density at radius 2 is 1.84 bits per heavy atom. The van der Waals surface area contributed by atoms with Crippen LogP contribution in [-0.2, 0) is 17.6 Å². The molecule has 1 aromatic heterocycles. The number of tetrazole rings is 1. The van der Waals surface area contributed by atoms with E-state index >= 15 is 0 Å². The first-order valence-corrected chi connectivity index (χ1v) is 8.35. The van der Waals surface area contributed by atoms with Gasteiger partial charge in [0.05, 0.1) is 0 Å². The highest BCUT2D eigenvalue weighted by atomic mass is 16.1. The van der Waals surface area contributed by atoms with Crippen LogP contribution in [0.3, 0.4) is 0 Å². The van der Waals surface area contributed by atoms with Crippen LogP contribution in [0.4, 0.5) is 5.69 Å². The van der Waals surface area contributed by atoms with Gasteiger partial charge in [-0.25, -0.2) is 0 Å². The summed E-state index contributed by atoms with van der Waals surface area (Å²) in [4.78, 5) is 12.9. The van der Waals surface area contributed by atoms with Crippen molar-refractivity contribution < 1.29 is 4.79 Å². The van der Waals surface area contributed by atoms with E-state index in [4.69, 9.17) is 0 Å². The van der Waals surface area contributed by atoms with Gasteiger partial charge in [-0.3, -0.25) is 4.79 Å². The Morgan fingerprint density at radius 1 is 1.12 bits per heavy atom. The molecule has 1 unspecified atom stereocenters. The molecule has 0 saturated heterocycles. The SMILES string of the molecule is CCc1ccc(CC(C(=O)Nc2ccccc2C)c2nn[nH]n2)cc1. The number of hydrogen-bond acceptors (Lipinski definition) is 4. The zero-order chi connectivity index (χ0) is 17.6. The second-order valence-electron chi connectivity index (χ2n) is 6.00. The smallest absolute Gasteiger partial charge is 0.235 e. The van der Waals surface area contributed by atoms with Gasteiger partial charge >= 0.3 is 0 Å². The molecular formula is C19H21N5O. The summed E-state index contributed by atoms with van der Waals surface area (Å²) in [5.74, 6) is -0.258. The lowest BCUT2D eigenvalue weighted by atomic mass is 9.96. The minimum Gasteiger partial charge on any atom is -0.325 e. The van der Waals surface area contributed by atoms with E-state index < -0.39 is 5.92 Å². The monoisotopic (exact) mass is 335 g/mol. The number of nitrogens with zero attached hydrogens (tertiary/aromatic N) is 3. The maximum absolute atomic E-state index is 12.9. The minimum absolute atomic E-state index is 0.143. The third kappa shape index (κ3) is 4.09. The normalized spacial score (nSPS) is 11.9. The van der Waals surface area contributed by atoms with E-state index in [-0.39, 0.29) is 5.91 Å². The maximum Gasteiger partial charge on any atom is 0.235 e. The number of benzene rings is 2. The minimum atomic E-state index is -0.508. The summed E-state index contributed by atoms with van der Waals surface area (Å²) in [7, 11) is 0. The van der Waals surface area contributed by atoms with Crippen LogP contribution in [0.25, 0.3) is 0 Å². The predicted octanol–water partition coefficient (Wildman–Crippen LogP) is 3.04. The molecule has 1 atom stereocenters. The van der Waals surface area contributed by atoms with Gasteiger partial charge in [-0.1, -0.05) is 54.6 Å². The molecule has 3 aromatic rings. The number of carbonyl (C=O) groups excluding carboxylic acids is 1. The number of aromatic nitrogens is 4. The number of anilines is 1. The van der Waals surface area contributed by atoms with Gasteiger partial charge in [0.25, 0.3) is 0 Å². The van der Waals surface area contributed by atoms with Gasteiger partial charge in [0.1, 0.15) is 5.92 Å². The molecule has 2 N–H and O–H groups in total. The van der Waals surface area contributed by atoms with Crippen LogP contribution >= 0.6 is 0 Å². The molecular weight excluding hydrogens is 314 g/mol. The molecule has 0 saturated carbocycles. The number of aryl methyl sites for hydroxylation is 2. The Kier molecular flexibility index (Phi) is 5.18. The van der Waals surface area contributed by atoms with Gasteiger partial charge in [0, 0.05) is 5.69 Å². The van der Waals surface area contributed by atoms with Crippen molar-refractivity contribution in [3.63, 3.8) is 0 Å². The average Bonchev–Trinajstić information content (AvgIpc) is 3.16. The first kappa shape index (κ1) is 16.8. The van der Waals surface area contributed by atoms with Crippen molar-refractivity contribution in [1.82, 2.24) is 20.6 Å². The molecule has 6 nitrogen and oxygen atoms in total.